The number of fused-ring (bicyclic) bond motifs is 1. The maximum atomic E-state index is 12.2. The minimum absolute atomic E-state index is 0.155. The quantitative estimate of drug-likeness (QED) is 0.772. The number of methoxy groups -OCH3 is 1. The molecule has 2 aromatic heterocycles. The van der Waals surface area contributed by atoms with Gasteiger partial charge in [0.2, 0.25) is 10.0 Å². The Labute approximate surface area is 133 Å². The van der Waals surface area contributed by atoms with Gasteiger partial charge in [-0.1, -0.05) is 0 Å². The molecule has 0 amide bonds. The Morgan fingerprint density at radius 2 is 1.91 bits per heavy atom. The molecule has 0 aliphatic rings. The normalized spacial score (nSPS) is 12.0. The molecule has 120 valence electrons. The molecule has 0 fully saturated rings. The fourth-order valence-corrected chi connectivity index (χ4v) is 3.06. The summed E-state index contributed by atoms with van der Waals surface area (Å²) in [4.78, 5) is 7.69. The minimum Gasteiger partial charge on any atom is -0.496 e. The molecule has 23 heavy (non-hydrogen) atoms. The van der Waals surface area contributed by atoms with E-state index in [1.807, 2.05) is 0 Å². The third kappa shape index (κ3) is 2.64. The van der Waals surface area contributed by atoms with Gasteiger partial charge in [-0.15, -0.1) is 0 Å². The molecule has 1 N–H and O–H groups in total. The van der Waals surface area contributed by atoms with Crippen LogP contribution in [0.15, 0.2) is 35.5 Å². The number of imidazole rings is 1. The van der Waals surface area contributed by atoms with Crippen LogP contribution in [-0.4, -0.2) is 54.1 Å². The van der Waals surface area contributed by atoms with E-state index in [2.05, 4.69) is 20.2 Å². The fraction of sp³-hybridized carbons (Fsp3) is 0.214. The van der Waals surface area contributed by atoms with Crippen LogP contribution >= 0.6 is 0 Å². The van der Waals surface area contributed by atoms with Crippen molar-refractivity contribution in [1.29, 1.82) is 0 Å². The van der Waals surface area contributed by atoms with Crippen LogP contribution < -0.4 is 4.74 Å². The average Bonchev–Trinajstić information content (AvgIpc) is 2.97. The maximum absolute atomic E-state index is 12.2. The molecule has 3 rings (SSSR count). The number of ether oxygens (including phenoxy) is 1. The van der Waals surface area contributed by atoms with Crippen LogP contribution in [-0.2, 0) is 10.0 Å². The van der Waals surface area contributed by atoms with E-state index in [1.165, 1.54) is 33.3 Å². The zero-order valence-corrected chi connectivity index (χ0v) is 13.6. The van der Waals surface area contributed by atoms with Gasteiger partial charge < -0.3 is 9.72 Å². The van der Waals surface area contributed by atoms with Gasteiger partial charge in [-0.3, -0.25) is 0 Å². The number of H-pyrrole nitrogens is 1. The summed E-state index contributed by atoms with van der Waals surface area (Å²) in [6.07, 6.45) is 3.12. The van der Waals surface area contributed by atoms with Gasteiger partial charge in [-0.05, 0) is 12.1 Å². The highest BCUT2D eigenvalue weighted by atomic mass is 32.2. The molecular formula is C14H15N5O3S. The predicted octanol–water partition coefficient (Wildman–Crippen LogP) is 1.28. The van der Waals surface area contributed by atoms with Gasteiger partial charge in [0.05, 0.1) is 35.5 Å². The lowest BCUT2D eigenvalue weighted by Crippen LogP contribution is -2.22. The number of aromatic amines is 1. The van der Waals surface area contributed by atoms with Gasteiger partial charge in [0, 0.05) is 20.2 Å². The second-order valence-corrected chi connectivity index (χ2v) is 7.17. The van der Waals surface area contributed by atoms with Gasteiger partial charge in [0.15, 0.2) is 0 Å². The lowest BCUT2D eigenvalue weighted by Gasteiger charge is -2.13. The summed E-state index contributed by atoms with van der Waals surface area (Å²) >= 11 is 0. The molecule has 0 saturated carbocycles. The number of rotatable bonds is 4. The van der Waals surface area contributed by atoms with Crippen molar-refractivity contribution in [3.8, 4) is 17.1 Å². The molecule has 0 bridgehead atoms. The van der Waals surface area contributed by atoms with Crippen LogP contribution in [0.2, 0.25) is 0 Å². The summed E-state index contributed by atoms with van der Waals surface area (Å²) in [5.74, 6) is 0.966. The van der Waals surface area contributed by atoms with Crippen LogP contribution in [0.25, 0.3) is 22.4 Å². The Kier molecular flexibility index (Phi) is 3.74. The van der Waals surface area contributed by atoms with Crippen LogP contribution in [0.4, 0.5) is 0 Å². The summed E-state index contributed by atoms with van der Waals surface area (Å²) < 4.78 is 30.9. The predicted molar refractivity (Wildman–Crippen MR) is 84.5 cm³/mol. The Hall–Kier alpha value is -2.52. The topological polar surface area (TPSA) is 101 Å². The van der Waals surface area contributed by atoms with Crippen molar-refractivity contribution in [2.24, 2.45) is 0 Å². The van der Waals surface area contributed by atoms with E-state index in [0.717, 1.165) is 9.82 Å². The zero-order chi connectivity index (χ0) is 16.6. The van der Waals surface area contributed by atoms with Gasteiger partial charge in [0.1, 0.15) is 17.1 Å². The Morgan fingerprint density at radius 1 is 1.17 bits per heavy atom. The molecule has 2 heterocycles. The van der Waals surface area contributed by atoms with Crippen LogP contribution in [0, 0.1) is 0 Å². The van der Waals surface area contributed by atoms with Crippen LogP contribution in [0.3, 0.4) is 0 Å². The standard InChI is InChI=1S/C14H15N5O3S/c1-19(2)23(20,21)9-4-5-10(13(6-9)22-3)14-17-11-7-15-16-8-12(11)18-14/h4-8H,1-3H3,(H,17,18). The molecule has 0 saturated heterocycles. The number of sulfonamides is 1. The highest BCUT2D eigenvalue weighted by molar-refractivity contribution is 7.89. The Morgan fingerprint density at radius 3 is 2.57 bits per heavy atom. The first-order valence-corrected chi connectivity index (χ1v) is 8.15. The number of nitrogens with zero attached hydrogens (tertiary/aromatic N) is 4. The van der Waals surface area contributed by atoms with E-state index in [1.54, 1.807) is 18.5 Å². The van der Waals surface area contributed by atoms with Crippen molar-refractivity contribution in [2.45, 2.75) is 4.90 Å². The first kappa shape index (κ1) is 15.4. The summed E-state index contributed by atoms with van der Waals surface area (Å²) in [5.41, 5.74) is 2.06. The van der Waals surface area contributed by atoms with Crippen molar-refractivity contribution < 1.29 is 13.2 Å². The van der Waals surface area contributed by atoms with Crippen LogP contribution in [0.1, 0.15) is 0 Å². The van der Waals surface area contributed by atoms with Gasteiger partial charge >= 0.3 is 0 Å². The number of hydrogen-bond acceptors (Lipinski definition) is 6. The second kappa shape index (κ2) is 5.60. The van der Waals surface area contributed by atoms with Crippen molar-refractivity contribution in [3.05, 3.63) is 30.6 Å². The summed E-state index contributed by atoms with van der Waals surface area (Å²) in [6, 6.07) is 4.67. The Balaban J connectivity index is 2.13. The van der Waals surface area contributed by atoms with Gasteiger partial charge in [-0.2, -0.15) is 10.2 Å². The molecule has 9 heteroatoms. The molecule has 0 aliphatic carbocycles. The summed E-state index contributed by atoms with van der Waals surface area (Å²) in [7, 11) is 0.915. The van der Waals surface area contributed by atoms with E-state index in [9.17, 15) is 8.42 Å². The first-order valence-electron chi connectivity index (χ1n) is 6.71. The summed E-state index contributed by atoms with van der Waals surface area (Å²) in [5, 5.41) is 7.57. The third-order valence-corrected chi connectivity index (χ3v) is 5.21. The van der Waals surface area contributed by atoms with Crippen LogP contribution in [0.5, 0.6) is 5.75 Å². The van der Waals surface area contributed by atoms with E-state index in [-0.39, 0.29) is 4.90 Å². The minimum atomic E-state index is -3.53. The Bertz CT molecular complexity index is 932. The maximum Gasteiger partial charge on any atom is 0.242 e. The number of benzene rings is 1. The molecular weight excluding hydrogens is 318 g/mol. The van der Waals surface area contributed by atoms with Crippen molar-refractivity contribution in [3.63, 3.8) is 0 Å². The lowest BCUT2D eigenvalue weighted by atomic mass is 10.2. The smallest absolute Gasteiger partial charge is 0.242 e. The molecule has 0 aliphatic heterocycles. The van der Waals surface area contributed by atoms with E-state index >= 15 is 0 Å². The average molecular weight is 333 g/mol. The highest BCUT2D eigenvalue weighted by Gasteiger charge is 2.20. The molecule has 1 aromatic carbocycles. The number of hydrogen-bond donors (Lipinski definition) is 1. The zero-order valence-electron chi connectivity index (χ0n) is 12.8. The lowest BCUT2D eigenvalue weighted by molar-refractivity contribution is 0.414. The number of nitrogens with one attached hydrogen (secondary N) is 1. The molecule has 0 atom stereocenters. The SMILES string of the molecule is COc1cc(S(=O)(=O)N(C)C)ccc1-c1nc2cnncc2[nH]1. The molecule has 0 radical (unpaired) electrons. The van der Waals surface area contributed by atoms with Gasteiger partial charge in [0.25, 0.3) is 0 Å². The fourth-order valence-electron chi connectivity index (χ4n) is 2.14. The monoisotopic (exact) mass is 333 g/mol. The largest absolute Gasteiger partial charge is 0.496 e. The number of aromatic nitrogens is 4. The van der Waals surface area contributed by atoms with Gasteiger partial charge in [-0.25, -0.2) is 17.7 Å². The van der Waals surface area contributed by atoms with Crippen molar-refractivity contribution in [1.82, 2.24) is 24.5 Å². The van der Waals surface area contributed by atoms with E-state index in [4.69, 9.17) is 4.74 Å². The molecule has 0 spiro atoms. The second-order valence-electron chi connectivity index (χ2n) is 5.02. The molecule has 3 aromatic rings. The van der Waals surface area contributed by atoms with E-state index in [0.29, 0.717) is 22.7 Å². The van der Waals surface area contributed by atoms with Crippen molar-refractivity contribution in [2.75, 3.05) is 21.2 Å². The third-order valence-electron chi connectivity index (χ3n) is 3.40. The van der Waals surface area contributed by atoms with E-state index < -0.39 is 10.0 Å². The van der Waals surface area contributed by atoms with Crippen molar-refractivity contribution >= 4 is 21.1 Å². The molecule has 0 unspecified atom stereocenters. The molecule has 8 nitrogen and oxygen atoms in total. The summed E-state index contributed by atoms with van der Waals surface area (Å²) in [6.45, 7) is 0. The highest BCUT2D eigenvalue weighted by Crippen LogP contribution is 2.32. The first-order chi connectivity index (χ1) is 10.9.